The molecule has 0 fully saturated rings. The molecular weight excluding hydrogens is 293 g/mol. The third-order valence-corrected chi connectivity index (χ3v) is 3.46. The molecule has 5 nitrogen and oxygen atoms in total. The van der Waals surface area contributed by atoms with E-state index in [1.54, 1.807) is 29.2 Å². The lowest BCUT2D eigenvalue weighted by Crippen LogP contribution is -2.20. The third kappa shape index (κ3) is 3.78. The van der Waals surface area contributed by atoms with Crippen LogP contribution < -0.4 is 0 Å². The maximum atomic E-state index is 13.1. The highest BCUT2D eigenvalue weighted by molar-refractivity contribution is 5.31. The van der Waals surface area contributed by atoms with Crippen LogP contribution in [0, 0.1) is 12.7 Å². The van der Waals surface area contributed by atoms with E-state index in [2.05, 4.69) is 20.0 Å². The largest absolute Gasteiger partial charge is 0.295 e. The molecule has 0 radical (unpaired) electrons. The quantitative estimate of drug-likeness (QED) is 0.727. The Hall–Kier alpha value is -2.60. The molecule has 0 aliphatic rings. The minimum atomic E-state index is -0.262. The molecule has 2 aromatic heterocycles. The van der Waals surface area contributed by atoms with Gasteiger partial charge in [-0.1, -0.05) is 0 Å². The second kappa shape index (κ2) is 6.66. The van der Waals surface area contributed by atoms with Gasteiger partial charge in [-0.2, -0.15) is 5.10 Å². The standard InChI is InChI=1S/C17H18FN5/c1-13-20-17(12-22(2)11-14-7-9-19-10-8-14)23(21-13)16-5-3-15(18)4-6-16/h3-10H,11-12H2,1-2H3. The number of hydrogen-bond donors (Lipinski definition) is 0. The van der Waals surface area contributed by atoms with Crippen LogP contribution in [-0.2, 0) is 13.1 Å². The van der Waals surface area contributed by atoms with E-state index in [1.807, 2.05) is 26.1 Å². The second-order valence-electron chi connectivity index (χ2n) is 5.49. The highest BCUT2D eigenvalue weighted by atomic mass is 19.1. The summed E-state index contributed by atoms with van der Waals surface area (Å²) in [5.74, 6) is 1.26. The number of pyridine rings is 1. The van der Waals surface area contributed by atoms with Gasteiger partial charge in [0.2, 0.25) is 0 Å². The lowest BCUT2D eigenvalue weighted by atomic mass is 10.2. The Labute approximate surface area is 134 Å². The van der Waals surface area contributed by atoms with Crippen molar-refractivity contribution in [1.82, 2.24) is 24.6 Å². The summed E-state index contributed by atoms with van der Waals surface area (Å²) in [6.45, 7) is 3.28. The molecule has 6 heteroatoms. The number of hydrogen-bond acceptors (Lipinski definition) is 4. The molecule has 0 aliphatic heterocycles. The minimum Gasteiger partial charge on any atom is -0.295 e. The Bertz CT molecular complexity index is 767. The molecule has 0 N–H and O–H groups in total. The van der Waals surface area contributed by atoms with Crippen LogP contribution in [0.2, 0.25) is 0 Å². The van der Waals surface area contributed by atoms with Gasteiger partial charge < -0.3 is 0 Å². The summed E-state index contributed by atoms with van der Waals surface area (Å²) in [7, 11) is 2.03. The predicted molar refractivity (Wildman–Crippen MR) is 85.5 cm³/mol. The van der Waals surface area contributed by atoms with Crippen LogP contribution in [0.15, 0.2) is 48.8 Å². The van der Waals surface area contributed by atoms with E-state index in [-0.39, 0.29) is 5.82 Å². The van der Waals surface area contributed by atoms with E-state index in [1.165, 1.54) is 17.7 Å². The third-order valence-electron chi connectivity index (χ3n) is 3.46. The zero-order valence-electron chi connectivity index (χ0n) is 13.1. The first-order valence-electron chi connectivity index (χ1n) is 7.38. The van der Waals surface area contributed by atoms with Crippen molar-refractivity contribution < 1.29 is 4.39 Å². The summed E-state index contributed by atoms with van der Waals surface area (Å²) in [5.41, 5.74) is 1.99. The maximum absolute atomic E-state index is 13.1. The van der Waals surface area contributed by atoms with Crippen molar-refractivity contribution in [3.05, 3.63) is 71.8 Å². The lowest BCUT2D eigenvalue weighted by Gasteiger charge is -2.16. The molecule has 2 heterocycles. The van der Waals surface area contributed by atoms with Crippen LogP contribution in [-0.4, -0.2) is 31.7 Å². The highest BCUT2D eigenvalue weighted by Gasteiger charge is 2.12. The second-order valence-corrected chi connectivity index (χ2v) is 5.49. The SMILES string of the molecule is Cc1nc(CN(C)Cc2ccncc2)n(-c2ccc(F)cc2)n1. The van der Waals surface area contributed by atoms with E-state index in [4.69, 9.17) is 0 Å². The van der Waals surface area contributed by atoms with Crippen molar-refractivity contribution in [2.24, 2.45) is 0 Å². The van der Waals surface area contributed by atoms with Gasteiger partial charge in [-0.3, -0.25) is 9.88 Å². The average Bonchev–Trinajstić information content (AvgIpc) is 2.89. The summed E-state index contributed by atoms with van der Waals surface area (Å²) in [6.07, 6.45) is 3.57. The summed E-state index contributed by atoms with van der Waals surface area (Å²) in [4.78, 5) is 10.7. The zero-order valence-corrected chi connectivity index (χ0v) is 13.1. The van der Waals surface area contributed by atoms with Gasteiger partial charge in [0.15, 0.2) is 0 Å². The van der Waals surface area contributed by atoms with E-state index >= 15 is 0 Å². The lowest BCUT2D eigenvalue weighted by molar-refractivity contribution is 0.307. The van der Waals surface area contributed by atoms with E-state index < -0.39 is 0 Å². The zero-order chi connectivity index (χ0) is 16.2. The smallest absolute Gasteiger partial charge is 0.148 e. The molecule has 0 aliphatic carbocycles. The van der Waals surface area contributed by atoms with Gasteiger partial charge in [-0.25, -0.2) is 14.1 Å². The highest BCUT2D eigenvalue weighted by Crippen LogP contribution is 2.13. The van der Waals surface area contributed by atoms with Crippen molar-refractivity contribution in [3.8, 4) is 5.69 Å². The first-order chi connectivity index (χ1) is 11.1. The Morgan fingerprint density at radius 3 is 2.43 bits per heavy atom. The Morgan fingerprint density at radius 1 is 1.04 bits per heavy atom. The van der Waals surface area contributed by atoms with Crippen LogP contribution in [0.4, 0.5) is 4.39 Å². The number of benzene rings is 1. The number of rotatable bonds is 5. The number of aryl methyl sites for hydroxylation is 1. The van der Waals surface area contributed by atoms with Gasteiger partial charge in [0.1, 0.15) is 17.5 Å². The molecule has 3 rings (SSSR count). The van der Waals surface area contributed by atoms with Crippen LogP contribution in [0.1, 0.15) is 17.2 Å². The Balaban J connectivity index is 1.79. The predicted octanol–water partition coefficient (Wildman–Crippen LogP) is 2.74. The number of halogens is 1. The number of nitrogens with zero attached hydrogens (tertiary/aromatic N) is 5. The van der Waals surface area contributed by atoms with Gasteiger partial charge in [0.05, 0.1) is 12.2 Å². The Kier molecular flexibility index (Phi) is 4.43. The molecule has 0 saturated heterocycles. The molecule has 0 unspecified atom stereocenters. The fourth-order valence-electron chi connectivity index (χ4n) is 2.45. The number of aromatic nitrogens is 4. The molecule has 23 heavy (non-hydrogen) atoms. The summed E-state index contributed by atoms with van der Waals surface area (Å²) < 4.78 is 14.9. The molecule has 118 valence electrons. The van der Waals surface area contributed by atoms with Crippen LogP contribution in [0.5, 0.6) is 0 Å². The van der Waals surface area contributed by atoms with E-state index in [0.717, 1.165) is 18.1 Å². The normalized spacial score (nSPS) is 11.1. The van der Waals surface area contributed by atoms with Crippen molar-refractivity contribution in [2.75, 3.05) is 7.05 Å². The molecule has 0 amide bonds. The molecule has 0 bridgehead atoms. The fraction of sp³-hybridized carbons (Fsp3) is 0.235. The Morgan fingerprint density at radius 2 is 1.74 bits per heavy atom. The first kappa shape index (κ1) is 15.3. The topological polar surface area (TPSA) is 46.8 Å². The first-order valence-corrected chi connectivity index (χ1v) is 7.38. The van der Waals surface area contributed by atoms with Gasteiger partial charge >= 0.3 is 0 Å². The van der Waals surface area contributed by atoms with Crippen LogP contribution in [0.25, 0.3) is 5.69 Å². The van der Waals surface area contributed by atoms with Gasteiger partial charge in [-0.05, 0) is 55.9 Å². The summed E-state index contributed by atoms with van der Waals surface area (Å²) in [6, 6.07) is 10.2. The molecule has 1 aromatic carbocycles. The van der Waals surface area contributed by atoms with E-state index in [0.29, 0.717) is 12.4 Å². The molecular formula is C17H18FN5. The van der Waals surface area contributed by atoms with Crippen molar-refractivity contribution in [3.63, 3.8) is 0 Å². The monoisotopic (exact) mass is 311 g/mol. The average molecular weight is 311 g/mol. The van der Waals surface area contributed by atoms with Crippen LogP contribution >= 0.6 is 0 Å². The van der Waals surface area contributed by atoms with Gasteiger partial charge in [0, 0.05) is 18.9 Å². The van der Waals surface area contributed by atoms with Crippen molar-refractivity contribution in [2.45, 2.75) is 20.0 Å². The van der Waals surface area contributed by atoms with E-state index in [9.17, 15) is 4.39 Å². The van der Waals surface area contributed by atoms with Gasteiger partial charge in [-0.15, -0.1) is 0 Å². The van der Waals surface area contributed by atoms with Crippen molar-refractivity contribution >= 4 is 0 Å². The molecule has 0 atom stereocenters. The molecule has 0 spiro atoms. The van der Waals surface area contributed by atoms with Crippen LogP contribution in [0.3, 0.4) is 0 Å². The fourth-order valence-corrected chi connectivity index (χ4v) is 2.45. The minimum absolute atomic E-state index is 0.262. The molecule has 3 aromatic rings. The summed E-state index contributed by atoms with van der Waals surface area (Å²) in [5, 5.41) is 4.42. The summed E-state index contributed by atoms with van der Waals surface area (Å²) >= 11 is 0. The van der Waals surface area contributed by atoms with Gasteiger partial charge in [0.25, 0.3) is 0 Å². The maximum Gasteiger partial charge on any atom is 0.148 e. The van der Waals surface area contributed by atoms with Crippen molar-refractivity contribution in [1.29, 1.82) is 0 Å². The molecule has 0 saturated carbocycles.